The van der Waals surface area contributed by atoms with Crippen LogP contribution in [0.3, 0.4) is 0 Å². The molecule has 0 unspecified atom stereocenters. The zero-order valence-corrected chi connectivity index (χ0v) is 20.1. The molecule has 0 aliphatic carbocycles. The highest BCUT2D eigenvalue weighted by Gasteiger charge is 2.23. The van der Waals surface area contributed by atoms with Crippen LogP contribution in [0.2, 0.25) is 0 Å². The summed E-state index contributed by atoms with van der Waals surface area (Å²) >= 11 is 0. The lowest BCUT2D eigenvalue weighted by atomic mass is 9.78. The summed E-state index contributed by atoms with van der Waals surface area (Å²) in [6.45, 7) is 20.3. The van der Waals surface area contributed by atoms with E-state index in [0.29, 0.717) is 24.5 Å². The first-order valence-electron chi connectivity index (χ1n) is 10.9. The highest BCUT2D eigenvalue weighted by molar-refractivity contribution is 5.86. The second-order valence-corrected chi connectivity index (χ2v) is 8.34. The van der Waals surface area contributed by atoms with Crippen molar-refractivity contribution in [3.05, 3.63) is 96.3 Å². The lowest BCUT2D eigenvalue weighted by Gasteiger charge is -2.26. The summed E-state index contributed by atoms with van der Waals surface area (Å²) in [5.74, 6) is 1.68. The maximum absolute atomic E-state index is 11.4. The number of benzene rings is 2. The third-order valence-electron chi connectivity index (χ3n) is 5.19. The maximum atomic E-state index is 11.4. The van der Waals surface area contributed by atoms with E-state index in [1.54, 1.807) is 6.92 Å². The fraction of sp³-hybridized carbons (Fsp3) is 0.321. The molecule has 0 saturated heterocycles. The van der Waals surface area contributed by atoms with Crippen molar-refractivity contribution < 1.29 is 23.7 Å². The summed E-state index contributed by atoms with van der Waals surface area (Å²) in [5, 5.41) is 0. The fourth-order valence-electron chi connectivity index (χ4n) is 2.97. The van der Waals surface area contributed by atoms with Gasteiger partial charge >= 0.3 is 5.97 Å². The maximum Gasteiger partial charge on any atom is 0.333 e. The van der Waals surface area contributed by atoms with Crippen LogP contribution in [0, 0.1) is 0 Å². The molecule has 0 aromatic heterocycles. The van der Waals surface area contributed by atoms with Crippen LogP contribution in [0.1, 0.15) is 38.8 Å². The predicted molar refractivity (Wildman–Crippen MR) is 132 cm³/mol. The standard InChI is InChI=1S/C28H34O5/c1-20(2)22(5)30-16-17-31-25-12-8-23(9-13-25)28(6,7)24-10-14-26(15-11-24)32-18-19-33-27(29)21(3)4/h8-15H,1,3,5,16-19H2,2,4,6-7H3. The van der Waals surface area contributed by atoms with E-state index >= 15 is 0 Å². The summed E-state index contributed by atoms with van der Waals surface area (Å²) < 4.78 is 21.9. The lowest BCUT2D eigenvalue weighted by molar-refractivity contribution is -0.139. The highest BCUT2D eigenvalue weighted by atomic mass is 16.6. The smallest absolute Gasteiger partial charge is 0.333 e. The van der Waals surface area contributed by atoms with Gasteiger partial charge in [0, 0.05) is 11.0 Å². The Labute approximate surface area is 197 Å². The van der Waals surface area contributed by atoms with Gasteiger partial charge in [-0.15, -0.1) is 0 Å². The van der Waals surface area contributed by atoms with Gasteiger partial charge in [0.1, 0.15) is 43.7 Å². The summed E-state index contributed by atoms with van der Waals surface area (Å²) in [5.41, 5.74) is 3.31. The molecule has 0 saturated carbocycles. The Kier molecular flexibility index (Phi) is 9.34. The number of hydrogen-bond acceptors (Lipinski definition) is 5. The molecular formula is C28H34O5. The summed E-state index contributed by atoms with van der Waals surface area (Å²) in [6.07, 6.45) is 0. The number of ether oxygens (including phenoxy) is 4. The molecule has 2 aromatic carbocycles. The van der Waals surface area contributed by atoms with Crippen LogP contribution < -0.4 is 9.47 Å². The number of carbonyl (C=O) groups is 1. The molecule has 0 radical (unpaired) electrons. The van der Waals surface area contributed by atoms with E-state index in [1.807, 2.05) is 43.3 Å². The van der Waals surface area contributed by atoms with Gasteiger partial charge in [-0.3, -0.25) is 0 Å². The molecule has 0 fully saturated rings. The van der Waals surface area contributed by atoms with Gasteiger partial charge in [-0.1, -0.05) is 57.8 Å². The summed E-state index contributed by atoms with van der Waals surface area (Å²) in [4.78, 5) is 11.4. The lowest BCUT2D eigenvalue weighted by Crippen LogP contribution is -2.19. The number of esters is 1. The van der Waals surface area contributed by atoms with Crippen molar-refractivity contribution in [1.82, 2.24) is 0 Å². The van der Waals surface area contributed by atoms with Crippen LogP contribution >= 0.6 is 0 Å². The van der Waals surface area contributed by atoms with Gasteiger partial charge in [0.25, 0.3) is 0 Å². The van der Waals surface area contributed by atoms with Crippen LogP contribution in [-0.2, 0) is 19.7 Å². The van der Waals surface area contributed by atoms with Crippen molar-refractivity contribution in [3.63, 3.8) is 0 Å². The quantitative estimate of drug-likeness (QED) is 0.123. The van der Waals surface area contributed by atoms with Gasteiger partial charge in [0.2, 0.25) is 0 Å². The molecule has 0 amide bonds. The zero-order valence-electron chi connectivity index (χ0n) is 20.1. The number of hydrogen-bond donors (Lipinski definition) is 0. The van der Waals surface area contributed by atoms with Crippen LogP contribution in [0.5, 0.6) is 11.5 Å². The normalized spacial score (nSPS) is 10.8. The Bertz CT molecular complexity index is 889. The van der Waals surface area contributed by atoms with Crippen molar-refractivity contribution in [3.8, 4) is 11.5 Å². The molecular weight excluding hydrogens is 416 g/mol. The molecule has 5 heteroatoms. The minimum atomic E-state index is -0.408. The molecule has 0 heterocycles. The van der Waals surface area contributed by atoms with E-state index in [9.17, 15) is 4.79 Å². The average Bonchev–Trinajstić information content (AvgIpc) is 2.79. The molecule has 0 spiro atoms. The Morgan fingerprint density at radius 1 is 0.697 bits per heavy atom. The Morgan fingerprint density at radius 3 is 1.52 bits per heavy atom. The van der Waals surface area contributed by atoms with Crippen molar-refractivity contribution in [2.45, 2.75) is 33.1 Å². The molecule has 0 atom stereocenters. The van der Waals surface area contributed by atoms with Crippen LogP contribution in [0.15, 0.2) is 85.2 Å². The Balaban J connectivity index is 1.88. The number of allylic oxidation sites excluding steroid dienone is 1. The van der Waals surface area contributed by atoms with Gasteiger partial charge in [-0.2, -0.15) is 0 Å². The fourth-order valence-corrected chi connectivity index (χ4v) is 2.97. The molecule has 2 aromatic rings. The van der Waals surface area contributed by atoms with Crippen molar-refractivity contribution >= 4 is 5.97 Å². The van der Waals surface area contributed by atoms with Crippen LogP contribution in [0.4, 0.5) is 0 Å². The molecule has 0 bridgehead atoms. The number of carbonyl (C=O) groups excluding carboxylic acids is 1. The van der Waals surface area contributed by atoms with E-state index in [2.05, 4.69) is 45.7 Å². The van der Waals surface area contributed by atoms with E-state index < -0.39 is 5.97 Å². The summed E-state index contributed by atoms with van der Waals surface area (Å²) in [6, 6.07) is 16.0. The highest BCUT2D eigenvalue weighted by Crippen LogP contribution is 2.33. The van der Waals surface area contributed by atoms with Crippen molar-refractivity contribution in [2.24, 2.45) is 0 Å². The molecule has 0 aliphatic rings. The van der Waals surface area contributed by atoms with Gasteiger partial charge in [-0.25, -0.2) is 4.79 Å². The van der Waals surface area contributed by atoms with Crippen LogP contribution in [0.25, 0.3) is 0 Å². The first-order chi connectivity index (χ1) is 15.6. The minimum absolute atomic E-state index is 0.183. The van der Waals surface area contributed by atoms with Gasteiger partial charge in [0.05, 0.1) is 0 Å². The van der Waals surface area contributed by atoms with E-state index in [4.69, 9.17) is 18.9 Å². The van der Waals surface area contributed by atoms with E-state index in [0.717, 1.165) is 22.6 Å². The summed E-state index contributed by atoms with van der Waals surface area (Å²) in [7, 11) is 0. The van der Waals surface area contributed by atoms with Gasteiger partial charge in [-0.05, 0) is 54.8 Å². The van der Waals surface area contributed by atoms with Crippen molar-refractivity contribution in [2.75, 3.05) is 26.4 Å². The van der Waals surface area contributed by atoms with Crippen molar-refractivity contribution in [1.29, 1.82) is 0 Å². The molecule has 2 rings (SSSR count). The molecule has 176 valence electrons. The van der Waals surface area contributed by atoms with E-state index in [1.165, 1.54) is 5.56 Å². The Hall–Kier alpha value is -3.47. The monoisotopic (exact) mass is 450 g/mol. The molecule has 0 N–H and O–H groups in total. The molecule has 5 nitrogen and oxygen atoms in total. The molecule has 33 heavy (non-hydrogen) atoms. The SMILES string of the molecule is C=C(C)C(=C)OCCOc1ccc(C(C)(C)c2ccc(OCCOC(=O)C(=C)C)cc2)cc1. The first-order valence-corrected chi connectivity index (χ1v) is 10.9. The zero-order chi connectivity index (χ0) is 24.4. The second kappa shape index (κ2) is 12.0. The average molecular weight is 451 g/mol. The van der Waals surface area contributed by atoms with E-state index in [-0.39, 0.29) is 18.6 Å². The second-order valence-electron chi connectivity index (χ2n) is 8.34. The number of rotatable bonds is 13. The molecule has 0 aliphatic heterocycles. The van der Waals surface area contributed by atoms with Gasteiger partial charge < -0.3 is 18.9 Å². The predicted octanol–water partition coefficient (Wildman–Crippen LogP) is 6.00. The third-order valence-corrected chi connectivity index (χ3v) is 5.19. The van der Waals surface area contributed by atoms with Gasteiger partial charge in [0.15, 0.2) is 0 Å². The minimum Gasteiger partial charge on any atom is -0.490 e. The Morgan fingerprint density at radius 2 is 1.12 bits per heavy atom. The largest absolute Gasteiger partial charge is 0.490 e. The topological polar surface area (TPSA) is 54.0 Å². The van der Waals surface area contributed by atoms with Crippen LogP contribution in [-0.4, -0.2) is 32.4 Å². The first kappa shape index (κ1) is 25.8. The third kappa shape index (κ3) is 7.86.